The smallest absolute Gasteiger partial charge is 0.268 e. The number of likely N-dealkylation sites (N-methyl/N-ethyl adjacent to an activating group) is 1. The summed E-state index contributed by atoms with van der Waals surface area (Å²) in [5.74, 6) is 0.934. The maximum absolute atomic E-state index is 12.7. The molecule has 0 saturated carbocycles. The summed E-state index contributed by atoms with van der Waals surface area (Å²) in [5, 5.41) is 0. The second-order valence-electron chi connectivity index (χ2n) is 6.08. The molecule has 2 N–H and O–H groups in total. The highest BCUT2D eigenvalue weighted by Crippen LogP contribution is 2.36. The normalized spacial score (nSPS) is 18.1. The number of ether oxygens (including phenoxy) is 1. The van der Waals surface area contributed by atoms with E-state index in [1.807, 2.05) is 51.0 Å². The molecule has 0 saturated heterocycles. The largest absolute Gasteiger partial charge is 0.478 e. The van der Waals surface area contributed by atoms with Crippen molar-refractivity contribution < 1.29 is 9.53 Å². The molecular weight excluding hydrogens is 266 g/mol. The van der Waals surface area contributed by atoms with Crippen molar-refractivity contribution in [1.29, 1.82) is 0 Å². The van der Waals surface area contributed by atoms with Crippen molar-refractivity contribution >= 4 is 11.6 Å². The van der Waals surface area contributed by atoms with Crippen molar-refractivity contribution in [2.45, 2.75) is 26.5 Å². The summed E-state index contributed by atoms with van der Waals surface area (Å²) < 4.78 is 5.92. The quantitative estimate of drug-likeness (QED) is 0.892. The standard InChI is InChI=1S/C16H25N3O2/c1-11(2)15-16(20)19(8-7-18(3)4)13-6-5-12(10-17)9-14(13)21-15/h5-6,9,11,15H,7-8,10,17H2,1-4H3. The molecule has 1 unspecified atom stereocenters. The van der Waals surface area contributed by atoms with E-state index >= 15 is 0 Å². The Kier molecular flexibility index (Phi) is 4.85. The highest BCUT2D eigenvalue weighted by atomic mass is 16.5. The minimum atomic E-state index is -0.423. The molecule has 5 heteroatoms. The molecule has 1 aliphatic rings. The molecule has 116 valence electrons. The van der Waals surface area contributed by atoms with E-state index in [0.29, 0.717) is 13.1 Å². The number of benzene rings is 1. The van der Waals surface area contributed by atoms with E-state index in [9.17, 15) is 4.79 Å². The van der Waals surface area contributed by atoms with Gasteiger partial charge in [-0.2, -0.15) is 0 Å². The molecule has 1 amide bonds. The molecule has 1 heterocycles. The summed E-state index contributed by atoms with van der Waals surface area (Å²) in [5.41, 5.74) is 7.55. The lowest BCUT2D eigenvalue weighted by Crippen LogP contribution is -2.50. The van der Waals surface area contributed by atoms with Gasteiger partial charge < -0.3 is 20.3 Å². The predicted octanol–water partition coefficient (Wildman–Crippen LogP) is 1.46. The number of hydrogen-bond acceptors (Lipinski definition) is 4. The summed E-state index contributed by atoms with van der Waals surface area (Å²) >= 11 is 0. The van der Waals surface area contributed by atoms with Gasteiger partial charge in [0.15, 0.2) is 6.10 Å². The first-order chi connectivity index (χ1) is 9.93. The first-order valence-corrected chi connectivity index (χ1v) is 7.39. The monoisotopic (exact) mass is 291 g/mol. The van der Waals surface area contributed by atoms with Gasteiger partial charge in [-0.3, -0.25) is 4.79 Å². The predicted molar refractivity (Wildman–Crippen MR) is 84.5 cm³/mol. The zero-order chi connectivity index (χ0) is 15.6. The number of nitrogens with two attached hydrogens (primary N) is 1. The van der Waals surface area contributed by atoms with E-state index in [1.54, 1.807) is 0 Å². The summed E-state index contributed by atoms with van der Waals surface area (Å²) in [6.45, 7) is 5.95. The molecule has 1 aromatic rings. The van der Waals surface area contributed by atoms with Gasteiger partial charge in [0.1, 0.15) is 5.75 Å². The minimum absolute atomic E-state index is 0.0415. The van der Waals surface area contributed by atoms with Gasteiger partial charge in [-0.15, -0.1) is 0 Å². The van der Waals surface area contributed by atoms with Gasteiger partial charge in [-0.05, 0) is 37.7 Å². The van der Waals surface area contributed by atoms with Crippen molar-refractivity contribution in [2.24, 2.45) is 11.7 Å². The minimum Gasteiger partial charge on any atom is -0.478 e. The average molecular weight is 291 g/mol. The summed E-state index contributed by atoms with van der Waals surface area (Å²) in [6.07, 6.45) is -0.423. The second kappa shape index (κ2) is 6.45. The Morgan fingerprint density at radius 3 is 2.67 bits per heavy atom. The molecule has 0 radical (unpaired) electrons. The van der Waals surface area contributed by atoms with Gasteiger partial charge >= 0.3 is 0 Å². The van der Waals surface area contributed by atoms with Gasteiger partial charge in [-0.25, -0.2) is 0 Å². The van der Waals surface area contributed by atoms with Gasteiger partial charge in [0.05, 0.1) is 5.69 Å². The number of anilines is 1. The zero-order valence-electron chi connectivity index (χ0n) is 13.3. The first kappa shape index (κ1) is 15.8. The van der Waals surface area contributed by atoms with E-state index in [-0.39, 0.29) is 11.8 Å². The van der Waals surface area contributed by atoms with Crippen LogP contribution in [0.1, 0.15) is 19.4 Å². The SMILES string of the molecule is CC(C)C1Oc2cc(CN)ccc2N(CCN(C)C)C1=O. The van der Waals surface area contributed by atoms with E-state index < -0.39 is 6.10 Å². The van der Waals surface area contributed by atoms with Crippen LogP contribution in [0.15, 0.2) is 18.2 Å². The Morgan fingerprint density at radius 1 is 1.38 bits per heavy atom. The van der Waals surface area contributed by atoms with Gasteiger partial charge in [0, 0.05) is 19.6 Å². The third-order valence-corrected chi connectivity index (χ3v) is 3.69. The van der Waals surface area contributed by atoms with Crippen LogP contribution in [0.4, 0.5) is 5.69 Å². The fourth-order valence-corrected chi connectivity index (χ4v) is 2.41. The lowest BCUT2D eigenvalue weighted by molar-refractivity contribution is -0.128. The molecule has 0 fully saturated rings. The molecule has 1 atom stereocenters. The molecule has 1 aliphatic heterocycles. The van der Waals surface area contributed by atoms with Gasteiger partial charge in [0.25, 0.3) is 5.91 Å². The van der Waals surface area contributed by atoms with E-state index in [0.717, 1.165) is 23.5 Å². The third kappa shape index (κ3) is 3.36. The Bertz CT molecular complexity index is 514. The van der Waals surface area contributed by atoms with Crippen LogP contribution < -0.4 is 15.4 Å². The number of rotatable bonds is 5. The Morgan fingerprint density at radius 2 is 2.10 bits per heavy atom. The fraction of sp³-hybridized carbons (Fsp3) is 0.562. The van der Waals surface area contributed by atoms with E-state index in [4.69, 9.17) is 10.5 Å². The summed E-state index contributed by atoms with van der Waals surface area (Å²) in [7, 11) is 4.01. The number of nitrogens with zero attached hydrogens (tertiary/aromatic N) is 2. The Balaban J connectivity index is 2.36. The summed E-state index contributed by atoms with van der Waals surface area (Å²) in [6, 6.07) is 5.83. The van der Waals surface area contributed by atoms with Crippen molar-refractivity contribution in [3.8, 4) is 5.75 Å². The van der Waals surface area contributed by atoms with Crippen molar-refractivity contribution in [3.05, 3.63) is 23.8 Å². The highest BCUT2D eigenvalue weighted by Gasteiger charge is 2.36. The Hall–Kier alpha value is -1.59. The van der Waals surface area contributed by atoms with Gasteiger partial charge in [-0.1, -0.05) is 19.9 Å². The van der Waals surface area contributed by atoms with Crippen molar-refractivity contribution in [1.82, 2.24) is 4.90 Å². The molecule has 0 bridgehead atoms. The molecule has 2 rings (SSSR count). The zero-order valence-corrected chi connectivity index (χ0v) is 13.3. The van der Waals surface area contributed by atoms with Crippen LogP contribution in [-0.4, -0.2) is 44.1 Å². The number of hydrogen-bond donors (Lipinski definition) is 1. The number of amides is 1. The van der Waals surface area contributed by atoms with Crippen LogP contribution in [0.3, 0.4) is 0 Å². The fourth-order valence-electron chi connectivity index (χ4n) is 2.41. The van der Waals surface area contributed by atoms with Gasteiger partial charge in [0.2, 0.25) is 0 Å². The van der Waals surface area contributed by atoms with Crippen LogP contribution >= 0.6 is 0 Å². The van der Waals surface area contributed by atoms with Crippen LogP contribution in [-0.2, 0) is 11.3 Å². The number of fused-ring (bicyclic) bond motifs is 1. The second-order valence-corrected chi connectivity index (χ2v) is 6.08. The van der Waals surface area contributed by atoms with Crippen LogP contribution in [0.25, 0.3) is 0 Å². The number of carbonyl (C=O) groups is 1. The van der Waals surface area contributed by atoms with Crippen LogP contribution in [0.5, 0.6) is 5.75 Å². The topological polar surface area (TPSA) is 58.8 Å². The third-order valence-electron chi connectivity index (χ3n) is 3.69. The summed E-state index contributed by atoms with van der Waals surface area (Å²) in [4.78, 5) is 16.6. The molecule has 21 heavy (non-hydrogen) atoms. The Labute approximate surface area is 126 Å². The molecular formula is C16H25N3O2. The first-order valence-electron chi connectivity index (χ1n) is 7.39. The lowest BCUT2D eigenvalue weighted by atomic mass is 10.0. The lowest BCUT2D eigenvalue weighted by Gasteiger charge is -2.36. The van der Waals surface area contributed by atoms with Crippen molar-refractivity contribution in [3.63, 3.8) is 0 Å². The van der Waals surface area contributed by atoms with Crippen molar-refractivity contribution in [2.75, 3.05) is 32.1 Å². The van der Waals surface area contributed by atoms with E-state index in [1.165, 1.54) is 0 Å². The van der Waals surface area contributed by atoms with Crippen LogP contribution in [0, 0.1) is 5.92 Å². The molecule has 1 aromatic carbocycles. The maximum atomic E-state index is 12.7. The average Bonchev–Trinajstić information content (AvgIpc) is 2.44. The molecule has 0 spiro atoms. The molecule has 0 aromatic heterocycles. The highest BCUT2D eigenvalue weighted by molar-refractivity contribution is 6.00. The molecule has 5 nitrogen and oxygen atoms in total. The molecule has 0 aliphatic carbocycles. The van der Waals surface area contributed by atoms with E-state index in [2.05, 4.69) is 4.90 Å². The number of carbonyl (C=O) groups excluding carboxylic acids is 1. The van der Waals surface area contributed by atoms with Crippen LogP contribution in [0.2, 0.25) is 0 Å². The maximum Gasteiger partial charge on any atom is 0.268 e.